The minimum absolute atomic E-state index is 0.0492. The Kier molecular flexibility index (Phi) is 5.16. The second-order valence-electron chi connectivity index (χ2n) is 5.31. The highest BCUT2D eigenvalue weighted by atomic mass is 16.1. The van der Waals surface area contributed by atoms with E-state index in [9.17, 15) is 4.79 Å². The lowest BCUT2D eigenvalue weighted by Gasteiger charge is -2.09. The molecule has 0 spiro atoms. The topological polar surface area (TPSA) is 29.1 Å². The van der Waals surface area contributed by atoms with E-state index in [-0.39, 0.29) is 5.91 Å². The Bertz CT molecular complexity index is 589. The van der Waals surface area contributed by atoms with Crippen molar-refractivity contribution in [3.63, 3.8) is 0 Å². The molecule has 2 aromatic carbocycles. The fraction of sp³-hybridized carbons (Fsp3) is 0.389. The van der Waals surface area contributed by atoms with Crippen LogP contribution in [0.2, 0.25) is 0 Å². The fourth-order valence-electron chi connectivity index (χ4n) is 2.59. The summed E-state index contributed by atoms with van der Waals surface area (Å²) in [5.74, 6) is 0.0492. The van der Waals surface area contributed by atoms with Crippen LogP contribution in [0.3, 0.4) is 0 Å². The molecule has 0 saturated heterocycles. The van der Waals surface area contributed by atoms with Crippen LogP contribution in [0, 0.1) is 0 Å². The first-order chi connectivity index (χ1) is 9.70. The van der Waals surface area contributed by atoms with Gasteiger partial charge in [0.2, 0.25) is 5.91 Å². The van der Waals surface area contributed by atoms with Crippen LogP contribution in [0.1, 0.15) is 37.8 Å². The summed E-state index contributed by atoms with van der Waals surface area (Å²) in [5, 5.41) is 5.53. The predicted octanol–water partition coefficient (Wildman–Crippen LogP) is 3.86. The van der Waals surface area contributed by atoms with E-state index >= 15 is 0 Å². The minimum atomic E-state index is 0.0492. The van der Waals surface area contributed by atoms with E-state index in [1.54, 1.807) is 6.92 Å². The molecule has 0 bridgehead atoms. The quantitative estimate of drug-likeness (QED) is 0.793. The third kappa shape index (κ3) is 3.83. The number of hydrogen-bond acceptors (Lipinski definition) is 1. The van der Waals surface area contributed by atoms with Gasteiger partial charge >= 0.3 is 0 Å². The van der Waals surface area contributed by atoms with Gasteiger partial charge < -0.3 is 5.32 Å². The third-order valence-corrected chi connectivity index (χ3v) is 3.57. The van der Waals surface area contributed by atoms with E-state index in [0.29, 0.717) is 0 Å². The molecule has 2 nitrogen and oxygen atoms in total. The van der Waals surface area contributed by atoms with Crippen molar-refractivity contribution in [2.24, 2.45) is 0 Å². The van der Waals surface area contributed by atoms with Gasteiger partial charge in [0.25, 0.3) is 0 Å². The second-order valence-corrected chi connectivity index (χ2v) is 5.31. The molecule has 0 radical (unpaired) electrons. The fourth-order valence-corrected chi connectivity index (χ4v) is 2.59. The average molecular weight is 269 g/mol. The van der Waals surface area contributed by atoms with Crippen LogP contribution in [-0.4, -0.2) is 12.5 Å². The van der Waals surface area contributed by atoms with Gasteiger partial charge in [0.15, 0.2) is 0 Å². The number of fused-ring (bicyclic) bond motifs is 1. The summed E-state index contributed by atoms with van der Waals surface area (Å²) in [6.45, 7) is 4.53. The minimum Gasteiger partial charge on any atom is -0.356 e. The monoisotopic (exact) mass is 269 g/mol. The van der Waals surface area contributed by atoms with Crippen LogP contribution < -0.4 is 5.32 Å². The lowest BCUT2D eigenvalue weighted by molar-refractivity contribution is -0.118. The van der Waals surface area contributed by atoms with Crippen molar-refractivity contribution in [1.82, 2.24) is 5.32 Å². The normalized spacial score (nSPS) is 10.7. The number of rotatable bonds is 6. The van der Waals surface area contributed by atoms with Crippen LogP contribution in [0.4, 0.5) is 0 Å². The lowest BCUT2D eigenvalue weighted by Crippen LogP contribution is -2.21. The van der Waals surface area contributed by atoms with Gasteiger partial charge in [0.05, 0.1) is 0 Å². The Balaban J connectivity index is 2.14. The number of aryl methyl sites for hydroxylation is 2. The number of benzene rings is 2. The summed E-state index contributed by atoms with van der Waals surface area (Å²) in [6, 6.07) is 13.3. The molecular formula is C18H23NO. The molecule has 0 heterocycles. The molecule has 0 aliphatic heterocycles. The summed E-state index contributed by atoms with van der Waals surface area (Å²) in [7, 11) is 0. The third-order valence-electron chi connectivity index (χ3n) is 3.57. The Morgan fingerprint density at radius 1 is 1.15 bits per heavy atom. The number of carbonyl (C=O) groups is 1. The highest BCUT2D eigenvalue weighted by Gasteiger charge is 2.02. The largest absolute Gasteiger partial charge is 0.356 e. The smallest absolute Gasteiger partial charge is 0.216 e. The Labute approximate surface area is 121 Å². The van der Waals surface area contributed by atoms with Crippen LogP contribution >= 0.6 is 0 Å². The van der Waals surface area contributed by atoms with E-state index in [2.05, 4.69) is 48.6 Å². The molecule has 1 N–H and O–H groups in total. The van der Waals surface area contributed by atoms with Crippen LogP contribution in [0.5, 0.6) is 0 Å². The number of amides is 1. The molecule has 0 atom stereocenters. The zero-order valence-electron chi connectivity index (χ0n) is 12.4. The van der Waals surface area contributed by atoms with E-state index in [1.807, 2.05) is 0 Å². The van der Waals surface area contributed by atoms with Gasteiger partial charge in [-0.1, -0.05) is 49.7 Å². The molecule has 20 heavy (non-hydrogen) atoms. The van der Waals surface area contributed by atoms with Crippen LogP contribution in [-0.2, 0) is 17.6 Å². The second kappa shape index (κ2) is 7.09. The standard InChI is InChI=1S/C18H23NO/c1-3-6-15-10-11-17-8-4-7-16(18(17)13-15)9-5-12-19-14(2)20/h4,7-8,10-11,13H,3,5-6,9,12H2,1-2H3,(H,19,20). The molecule has 1 amide bonds. The predicted molar refractivity (Wildman–Crippen MR) is 84.9 cm³/mol. The summed E-state index contributed by atoms with van der Waals surface area (Å²) in [5.41, 5.74) is 2.79. The van der Waals surface area contributed by atoms with Crippen molar-refractivity contribution in [2.45, 2.75) is 39.5 Å². The first-order valence-electron chi connectivity index (χ1n) is 7.45. The molecule has 0 fully saturated rings. The zero-order valence-corrected chi connectivity index (χ0v) is 12.4. The van der Waals surface area contributed by atoms with Crippen molar-refractivity contribution in [1.29, 1.82) is 0 Å². The van der Waals surface area contributed by atoms with Gasteiger partial charge in [-0.05, 0) is 41.2 Å². The molecule has 106 valence electrons. The highest BCUT2D eigenvalue weighted by molar-refractivity contribution is 5.86. The molecule has 0 aliphatic rings. The van der Waals surface area contributed by atoms with Crippen LogP contribution in [0.15, 0.2) is 36.4 Å². The lowest BCUT2D eigenvalue weighted by atomic mass is 9.97. The maximum Gasteiger partial charge on any atom is 0.216 e. The Morgan fingerprint density at radius 3 is 2.75 bits per heavy atom. The zero-order chi connectivity index (χ0) is 14.4. The summed E-state index contributed by atoms with van der Waals surface area (Å²) in [4.78, 5) is 10.9. The Hall–Kier alpha value is -1.83. The van der Waals surface area contributed by atoms with Gasteiger partial charge in [0, 0.05) is 13.5 Å². The van der Waals surface area contributed by atoms with E-state index in [0.717, 1.165) is 25.8 Å². The van der Waals surface area contributed by atoms with Crippen molar-refractivity contribution >= 4 is 16.7 Å². The van der Waals surface area contributed by atoms with Gasteiger partial charge in [-0.3, -0.25) is 4.79 Å². The van der Waals surface area contributed by atoms with E-state index < -0.39 is 0 Å². The number of carbonyl (C=O) groups excluding carboxylic acids is 1. The Morgan fingerprint density at radius 2 is 2.00 bits per heavy atom. The average Bonchev–Trinajstić information content (AvgIpc) is 2.44. The molecule has 0 saturated carbocycles. The molecule has 2 aromatic rings. The summed E-state index contributed by atoms with van der Waals surface area (Å²) < 4.78 is 0. The molecule has 2 rings (SSSR count). The summed E-state index contributed by atoms with van der Waals surface area (Å²) in [6.07, 6.45) is 4.30. The molecular weight excluding hydrogens is 246 g/mol. The van der Waals surface area contributed by atoms with Gasteiger partial charge in [0.1, 0.15) is 0 Å². The molecule has 0 aliphatic carbocycles. The van der Waals surface area contributed by atoms with Crippen LogP contribution in [0.25, 0.3) is 10.8 Å². The molecule has 0 unspecified atom stereocenters. The van der Waals surface area contributed by atoms with Crippen molar-refractivity contribution < 1.29 is 4.79 Å². The number of nitrogens with one attached hydrogen (secondary N) is 1. The van der Waals surface area contributed by atoms with Gasteiger partial charge in [-0.25, -0.2) is 0 Å². The first-order valence-corrected chi connectivity index (χ1v) is 7.45. The van der Waals surface area contributed by atoms with Crippen molar-refractivity contribution in [2.75, 3.05) is 6.54 Å². The van der Waals surface area contributed by atoms with Crippen molar-refractivity contribution in [3.05, 3.63) is 47.5 Å². The SMILES string of the molecule is CCCc1ccc2cccc(CCCNC(C)=O)c2c1. The van der Waals surface area contributed by atoms with E-state index in [1.165, 1.54) is 28.3 Å². The van der Waals surface area contributed by atoms with Crippen molar-refractivity contribution in [3.8, 4) is 0 Å². The first kappa shape index (κ1) is 14.6. The maximum atomic E-state index is 10.9. The van der Waals surface area contributed by atoms with Gasteiger partial charge in [-0.2, -0.15) is 0 Å². The maximum absolute atomic E-state index is 10.9. The molecule has 0 aromatic heterocycles. The van der Waals surface area contributed by atoms with Gasteiger partial charge in [-0.15, -0.1) is 0 Å². The molecule has 2 heteroatoms. The van der Waals surface area contributed by atoms with E-state index in [4.69, 9.17) is 0 Å². The highest BCUT2D eigenvalue weighted by Crippen LogP contribution is 2.22. The summed E-state index contributed by atoms with van der Waals surface area (Å²) >= 11 is 0. The number of hydrogen-bond donors (Lipinski definition) is 1.